The first kappa shape index (κ1) is 11.4. The van der Waals surface area contributed by atoms with Crippen LogP contribution in [0, 0.1) is 10.1 Å². The Bertz CT molecular complexity index is 592. The molecule has 18 heavy (non-hydrogen) atoms. The maximum atomic E-state index is 10.7. The third kappa shape index (κ3) is 2.02. The van der Waals surface area contributed by atoms with E-state index in [0.29, 0.717) is 18.7 Å². The summed E-state index contributed by atoms with van der Waals surface area (Å²) in [7, 11) is 0. The van der Waals surface area contributed by atoms with Crippen molar-refractivity contribution >= 4 is 32.4 Å². The van der Waals surface area contributed by atoms with Gasteiger partial charge in [-0.3, -0.25) is 10.1 Å². The summed E-state index contributed by atoms with van der Waals surface area (Å²) < 4.78 is 6.27. The second kappa shape index (κ2) is 4.51. The molecular formula is C11H11N3O3S. The van der Waals surface area contributed by atoms with Crippen molar-refractivity contribution in [3.05, 3.63) is 28.3 Å². The first-order valence-electron chi connectivity index (χ1n) is 5.62. The van der Waals surface area contributed by atoms with Crippen LogP contribution in [0.5, 0.6) is 0 Å². The number of hydrogen-bond acceptors (Lipinski definition) is 6. The van der Waals surface area contributed by atoms with Crippen molar-refractivity contribution in [3.63, 3.8) is 0 Å². The lowest BCUT2D eigenvalue weighted by molar-refractivity contribution is -0.384. The Hall–Kier alpha value is -1.73. The number of benzene rings is 1. The highest BCUT2D eigenvalue weighted by Gasteiger charge is 2.16. The fourth-order valence-electron chi connectivity index (χ4n) is 1.91. The Morgan fingerprint density at radius 2 is 2.17 bits per heavy atom. The van der Waals surface area contributed by atoms with Gasteiger partial charge in [0.05, 0.1) is 28.4 Å². The van der Waals surface area contributed by atoms with E-state index in [-0.39, 0.29) is 5.69 Å². The largest absolute Gasteiger partial charge is 0.378 e. The molecule has 7 heteroatoms. The number of morpholine rings is 1. The van der Waals surface area contributed by atoms with E-state index in [1.165, 1.54) is 12.1 Å². The van der Waals surface area contributed by atoms with Crippen LogP contribution < -0.4 is 4.90 Å². The predicted molar refractivity (Wildman–Crippen MR) is 69.3 cm³/mol. The van der Waals surface area contributed by atoms with Crippen LogP contribution in [-0.2, 0) is 4.74 Å². The third-order valence-corrected chi connectivity index (χ3v) is 3.95. The molecule has 0 radical (unpaired) electrons. The first-order chi connectivity index (χ1) is 8.74. The van der Waals surface area contributed by atoms with Crippen molar-refractivity contribution in [2.75, 3.05) is 31.2 Å². The molecule has 1 aromatic heterocycles. The Morgan fingerprint density at radius 1 is 1.39 bits per heavy atom. The van der Waals surface area contributed by atoms with Gasteiger partial charge in [-0.15, -0.1) is 0 Å². The normalized spacial score (nSPS) is 16.1. The molecule has 2 heterocycles. The topological polar surface area (TPSA) is 68.5 Å². The molecule has 0 unspecified atom stereocenters. The Labute approximate surface area is 107 Å². The molecule has 1 aliphatic rings. The maximum absolute atomic E-state index is 10.7. The Balaban J connectivity index is 1.97. The number of rotatable bonds is 2. The number of fused-ring (bicyclic) bond motifs is 1. The highest BCUT2D eigenvalue weighted by molar-refractivity contribution is 7.22. The number of thiazole rings is 1. The van der Waals surface area contributed by atoms with E-state index < -0.39 is 4.92 Å². The fraction of sp³-hybridized carbons (Fsp3) is 0.364. The van der Waals surface area contributed by atoms with Gasteiger partial charge in [0.25, 0.3) is 5.69 Å². The van der Waals surface area contributed by atoms with Gasteiger partial charge in [-0.05, 0) is 6.07 Å². The van der Waals surface area contributed by atoms with Gasteiger partial charge in [-0.1, -0.05) is 11.3 Å². The van der Waals surface area contributed by atoms with Crippen LogP contribution in [0.2, 0.25) is 0 Å². The monoisotopic (exact) mass is 265 g/mol. The standard InChI is InChI=1S/C11H11N3O3S/c15-14(16)8-1-2-10-9(7-8)12-11(18-10)13-3-5-17-6-4-13/h1-2,7H,3-6H2. The lowest BCUT2D eigenvalue weighted by atomic mass is 10.3. The molecule has 0 N–H and O–H groups in total. The molecule has 1 aliphatic heterocycles. The summed E-state index contributed by atoms with van der Waals surface area (Å²) in [4.78, 5) is 16.9. The fourth-order valence-corrected chi connectivity index (χ4v) is 2.90. The van der Waals surface area contributed by atoms with Gasteiger partial charge in [0.2, 0.25) is 0 Å². The minimum Gasteiger partial charge on any atom is -0.378 e. The number of non-ortho nitro benzene ring substituents is 1. The molecule has 6 nitrogen and oxygen atoms in total. The number of aromatic nitrogens is 1. The summed E-state index contributed by atoms with van der Waals surface area (Å²) in [5.41, 5.74) is 0.775. The predicted octanol–water partition coefficient (Wildman–Crippen LogP) is 2.04. The van der Waals surface area contributed by atoms with Crippen LogP contribution >= 0.6 is 11.3 Å². The number of hydrogen-bond donors (Lipinski definition) is 0. The van der Waals surface area contributed by atoms with Crippen LogP contribution in [0.15, 0.2) is 18.2 Å². The van der Waals surface area contributed by atoms with Crippen molar-refractivity contribution in [1.82, 2.24) is 4.98 Å². The lowest BCUT2D eigenvalue weighted by Gasteiger charge is -2.25. The van der Waals surface area contributed by atoms with Crippen molar-refractivity contribution in [1.29, 1.82) is 0 Å². The average Bonchev–Trinajstić information content (AvgIpc) is 2.82. The van der Waals surface area contributed by atoms with E-state index in [9.17, 15) is 10.1 Å². The van der Waals surface area contributed by atoms with Crippen LogP contribution in [0.25, 0.3) is 10.2 Å². The van der Waals surface area contributed by atoms with Crippen molar-refractivity contribution in [2.45, 2.75) is 0 Å². The van der Waals surface area contributed by atoms with E-state index in [2.05, 4.69) is 9.88 Å². The van der Waals surface area contributed by atoms with Gasteiger partial charge in [0.15, 0.2) is 5.13 Å². The average molecular weight is 265 g/mol. The van der Waals surface area contributed by atoms with Crippen LogP contribution in [0.4, 0.5) is 10.8 Å². The second-order valence-electron chi connectivity index (χ2n) is 4.00. The summed E-state index contributed by atoms with van der Waals surface area (Å²) in [6, 6.07) is 4.80. The smallest absolute Gasteiger partial charge is 0.271 e. The molecule has 94 valence electrons. The summed E-state index contributed by atoms with van der Waals surface area (Å²) in [6.07, 6.45) is 0. The summed E-state index contributed by atoms with van der Waals surface area (Å²) in [6.45, 7) is 3.05. The van der Waals surface area contributed by atoms with Crippen molar-refractivity contribution in [2.24, 2.45) is 0 Å². The number of nitrogens with zero attached hydrogens (tertiary/aromatic N) is 3. The molecule has 2 aromatic rings. The molecule has 0 atom stereocenters. The van der Waals surface area contributed by atoms with Crippen LogP contribution in [0.3, 0.4) is 0 Å². The quantitative estimate of drug-likeness (QED) is 0.614. The lowest BCUT2D eigenvalue weighted by Crippen LogP contribution is -2.36. The van der Waals surface area contributed by atoms with Gasteiger partial charge < -0.3 is 9.64 Å². The zero-order chi connectivity index (χ0) is 12.5. The van der Waals surface area contributed by atoms with E-state index in [0.717, 1.165) is 22.9 Å². The number of nitro groups is 1. The van der Waals surface area contributed by atoms with E-state index in [4.69, 9.17) is 4.74 Å². The molecule has 3 rings (SSSR count). The van der Waals surface area contributed by atoms with Gasteiger partial charge in [0.1, 0.15) is 0 Å². The molecule has 0 bridgehead atoms. The Morgan fingerprint density at radius 3 is 2.89 bits per heavy atom. The number of nitro benzene ring substituents is 1. The highest BCUT2D eigenvalue weighted by Crippen LogP contribution is 2.31. The van der Waals surface area contributed by atoms with Gasteiger partial charge in [0, 0.05) is 25.2 Å². The molecule has 0 amide bonds. The van der Waals surface area contributed by atoms with Gasteiger partial charge >= 0.3 is 0 Å². The van der Waals surface area contributed by atoms with E-state index >= 15 is 0 Å². The minimum absolute atomic E-state index is 0.0846. The maximum Gasteiger partial charge on any atom is 0.271 e. The number of anilines is 1. The van der Waals surface area contributed by atoms with Gasteiger partial charge in [-0.25, -0.2) is 4.98 Å². The molecule has 0 aliphatic carbocycles. The highest BCUT2D eigenvalue weighted by atomic mass is 32.1. The molecule has 1 fully saturated rings. The van der Waals surface area contributed by atoms with E-state index in [1.807, 2.05) is 0 Å². The van der Waals surface area contributed by atoms with Crippen molar-refractivity contribution < 1.29 is 9.66 Å². The van der Waals surface area contributed by atoms with Crippen LogP contribution in [0.1, 0.15) is 0 Å². The molecule has 0 saturated carbocycles. The second-order valence-corrected chi connectivity index (χ2v) is 5.01. The first-order valence-corrected chi connectivity index (χ1v) is 6.43. The van der Waals surface area contributed by atoms with Gasteiger partial charge in [-0.2, -0.15) is 0 Å². The molecule has 1 aromatic carbocycles. The summed E-state index contributed by atoms with van der Waals surface area (Å²) in [5.74, 6) is 0. The Kier molecular flexibility index (Phi) is 2.85. The minimum atomic E-state index is -0.396. The molecule has 1 saturated heterocycles. The zero-order valence-electron chi connectivity index (χ0n) is 9.54. The SMILES string of the molecule is O=[N+]([O-])c1ccc2sc(N3CCOCC3)nc2c1. The summed E-state index contributed by atoms with van der Waals surface area (Å²) in [5, 5.41) is 11.6. The molecular weight excluding hydrogens is 254 g/mol. The van der Waals surface area contributed by atoms with E-state index in [1.54, 1.807) is 17.4 Å². The zero-order valence-corrected chi connectivity index (χ0v) is 10.4. The number of ether oxygens (including phenoxy) is 1. The summed E-state index contributed by atoms with van der Waals surface area (Å²) >= 11 is 1.56. The third-order valence-electron chi connectivity index (χ3n) is 2.85. The molecule has 0 spiro atoms. The van der Waals surface area contributed by atoms with Crippen molar-refractivity contribution in [3.8, 4) is 0 Å². The van der Waals surface area contributed by atoms with Crippen LogP contribution in [-0.4, -0.2) is 36.2 Å².